The maximum atomic E-state index is 6.36. The fraction of sp³-hybridized carbons (Fsp3) is 0.208. The van der Waals surface area contributed by atoms with Crippen molar-refractivity contribution < 1.29 is 4.74 Å². The number of benzene rings is 3. The summed E-state index contributed by atoms with van der Waals surface area (Å²) in [5.41, 5.74) is 8.34. The number of hydrazone groups is 1. The van der Waals surface area contributed by atoms with Crippen LogP contribution < -0.4 is 21.8 Å². The molecule has 31 heavy (non-hydrogen) atoms. The van der Waals surface area contributed by atoms with Gasteiger partial charge in [-0.1, -0.05) is 63.9 Å². The standard InChI is InChI=1S/C24H26BrClN4O/c1-31-21-4-2-3-17(13-21)8-12-22-19(14-20(26)15-23(22)25)11-7-16-5-9-18(10-6-16)24(29-27)30-28/h2-6,9-10,13-15H,7-8,11-12,27-28H2,1H3,(H,29,30). The molecule has 0 aliphatic rings. The van der Waals surface area contributed by atoms with Crippen LogP contribution in [-0.2, 0) is 25.7 Å². The minimum Gasteiger partial charge on any atom is -0.497 e. The molecule has 0 unspecified atom stereocenters. The highest BCUT2D eigenvalue weighted by atomic mass is 79.9. The highest BCUT2D eigenvalue weighted by molar-refractivity contribution is 9.10. The Morgan fingerprint density at radius 3 is 2.42 bits per heavy atom. The van der Waals surface area contributed by atoms with E-state index in [-0.39, 0.29) is 0 Å². The van der Waals surface area contributed by atoms with E-state index >= 15 is 0 Å². The molecule has 3 rings (SSSR count). The lowest BCUT2D eigenvalue weighted by Crippen LogP contribution is -2.31. The summed E-state index contributed by atoms with van der Waals surface area (Å²) in [6, 6.07) is 20.3. The fourth-order valence-electron chi connectivity index (χ4n) is 3.56. The highest BCUT2D eigenvalue weighted by Gasteiger charge is 2.11. The molecule has 162 valence electrons. The number of hydrogen-bond donors (Lipinski definition) is 3. The van der Waals surface area contributed by atoms with Gasteiger partial charge >= 0.3 is 0 Å². The predicted octanol–water partition coefficient (Wildman–Crippen LogP) is 4.77. The third-order valence-electron chi connectivity index (χ3n) is 5.23. The Kier molecular flexibility index (Phi) is 8.35. The summed E-state index contributed by atoms with van der Waals surface area (Å²) in [7, 11) is 1.69. The lowest BCUT2D eigenvalue weighted by atomic mass is 9.95. The number of hydrazine groups is 1. The Hall–Kier alpha value is -2.54. The summed E-state index contributed by atoms with van der Waals surface area (Å²) in [4.78, 5) is 0. The van der Waals surface area contributed by atoms with Gasteiger partial charge in [-0.3, -0.25) is 0 Å². The average Bonchev–Trinajstić information content (AvgIpc) is 2.78. The van der Waals surface area contributed by atoms with E-state index in [9.17, 15) is 0 Å². The number of nitrogens with one attached hydrogen (secondary N) is 1. The van der Waals surface area contributed by atoms with E-state index in [0.717, 1.165) is 46.5 Å². The number of methoxy groups -OCH3 is 1. The first kappa shape index (κ1) is 23.1. The van der Waals surface area contributed by atoms with Gasteiger partial charge in [0, 0.05) is 15.1 Å². The van der Waals surface area contributed by atoms with Crippen molar-refractivity contribution in [2.24, 2.45) is 16.8 Å². The molecule has 0 amide bonds. The number of nitrogens with two attached hydrogens (primary N) is 2. The van der Waals surface area contributed by atoms with Gasteiger partial charge in [-0.15, -0.1) is 0 Å². The van der Waals surface area contributed by atoms with Gasteiger partial charge in [0.05, 0.1) is 7.11 Å². The number of halogens is 2. The Morgan fingerprint density at radius 2 is 1.74 bits per heavy atom. The van der Waals surface area contributed by atoms with Crippen LogP contribution >= 0.6 is 27.5 Å². The first-order chi connectivity index (χ1) is 15.0. The van der Waals surface area contributed by atoms with Gasteiger partial charge in [0.1, 0.15) is 5.75 Å². The van der Waals surface area contributed by atoms with Gasteiger partial charge in [-0.05, 0) is 72.2 Å². The van der Waals surface area contributed by atoms with Gasteiger partial charge in [0.15, 0.2) is 5.84 Å². The van der Waals surface area contributed by atoms with Crippen LogP contribution in [0.3, 0.4) is 0 Å². The molecule has 0 heterocycles. The molecule has 0 bridgehead atoms. The lowest BCUT2D eigenvalue weighted by Gasteiger charge is -2.14. The van der Waals surface area contributed by atoms with Crippen molar-refractivity contribution in [2.45, 2.75) is 25.7 Å². The second-order valence-electron chi connectivity index (χ2n) is 7.20. The minimum absolute atomic E-state index is 0.449. The summed E-state index contributed by atoms with van der Waals surface area (Å²) >= 11 is 10.1. The zero-order chi connectivity index (χ0) is 22.2. The molecule has 0 aliphatic heterocycles. The van der Waals surface area contributed by atoms with Crippen molar-refractivity contribution in [3.63, 3.8) is 0 Å². The summed E-state index contributed by atoms with van der Waals surface area (Å²) in [5, 5.41) is 4.38. The topological polar surface area (TPSA) is 85.7 Å². The Bertz CT molecular complexity index is 1050. The Morgan fingerprint density at radius 1 is 1.00 bits per heavy atom. The largest absolute Gasteiger partial charge is 0.497 e. The summed E-state index contributed by atoms with van der Waals surface area (Å²) in [5.74, 6) is 12.1. The molecule has 0 aliphatic carbocycles. The van der Waals surface area contributed by atoms with Crippen LogP contribution in [0.4, 0.5) is 0 Å². The molecule has 0 atom stereocenters. The van der Waals surface area contributed by atoms with Crippen LogP contribution in [0.15, 0.2) is 70.2 Å². The van der Waals surface area contributed by atoms with Gasteiger partial charge in [0.25, 0.3) is 0 Å². The zero-order valence-electron chi connectivity index (χ0n) is 17.4. The van der Waals surface area contributed by atoms with E-state index in [1.54, 1.807) is 7.11 Å². The van der Waals surface area contributed by atoms with Crippen LogP contribution in [0, 0.1) is 0 Å². The summed E-state index contributed by atoms with van der Waals surface area (Å²) < 4.78 is 6.39. The SMILES string of the molecule is COc1cccc(CCc2c(Br)cc(Cl)cc2CCc2ccc(/C(=N/N)NN)cc2)c1. The molecule has 3 aromatic carbocycles. The van der Waals surface area contributed by atoms with E-state index < -0.39 is 0 Å². The van der Waals surface area contributed by atoms with E-state index in [1.165, 1.54) is 22.3 Å². The number of rotatable bonds is 8. The molecular weight excluding hydrogens is 476 g/mol. The first-order valence-corrected chi connectivity index (χ1v) is 11.1. The molecule has 3 aromatic rings. The van der Waals surface area contributed by atoms with Gasteiger partial charge in [-0.2, -0.15) is 5.10 Å². The molecule has 0 radical (unpaired) electrons. The van der Waals surface area contributed by atoms with Crippen molar-refractivity contribution in [2.75, 3.05) is 7.11 Å². The van der Waals surface area contributed by atoms with Crippen molar-refractivity contribution in [1.29, 1.82) is 0 Å². The Balaban J connectivity index is 1.73. The highest BCUT2D eigenvalue weighted by Crippen LogP contribution is 2.29. The molecule has 5 N–H and O–H groups in total. The van der Waals surface area contributed by atoms with Crippen molar-refractivity contribution in [3.8, 4) is 5.75 Å². The smallest absolute Gasteiger partial charge is 0.166 e. The molecule has 0 spiro atoms. The molecule has 0 fully saturated rings. The maximum Gasteiger partial charge on any atom is 0.166 e. The van der Waals surface area contributed by atoms with Crippen LogP contribution in [0.25, 0.3) is 0 Å². The number of ether oxygens (including phenoxy) is 1. The number of hydrogen-bond acceptors (Lipinski definition) is 4. The maximum absolute atomic E-state index is 6.36. The second-order valence-corrected chi connectivity index (χ2v) is 8.49. The van der Waals surface area contributed by atoms with Crippen LogP contribution in [-0.4, -0.2) is 12.9 Å². The quantitative estimate of drug-likeness (QED) is 0.180. The summed E-state index contributed by atoms with van der Waals surface area (Å²) in [6.45, 7) is 0. The molecule has 0 saturated heterocycles. The molecule has 7 heteroatoms. The normalized spacial score (nSPS) is 11.4. The minimum atomic E-state index is 0.449. The lowest BCUT2D eigenvalue weighted by molar-refractivity contribution is 0.414. The van der Waals surface area contributed by atoms with Crippen LogP contribution in [0.2, 0.25) is 5.02 Å². The summed E-state index contributed by atoms with van der Waals surface area (Å²) in [6.07, 6.45) is 3.62. The van der Waals surface area contributed by atoms with E-state index in [1.807, 2.05) is 30.3 Å². The van der Waals surface area contributed by atoms with Crippen molar-refractivity contribution >= 4 is 33.4 Å². The van der Waals surface area contributed by atoms with Crippen LogP contribution in [0.5, 0.6) is 5.75 Å². The second kappa shape index (κ2) is 11.2. The van der Waals surface area contributed by atoms with E-state index in [2.05, 4.69) is 56.8 Å². The Labute approximate surface area is 196 Å². The molecule has 0 aromatic heterocycles. The van der Waals surface area contributed by atoms with E-state index in [0.29, 0.717) is 5.84 Å². The first-order valence-electron chi connectivity index (χ1n) is 9.97. The van der Waals surface area contributed by atoms with Gasteiger partial charge < -0.3 is 16.0 Å². The molecule has 0 saturated carbocycles. The predicted molar refractivity (Wildman–Crippen MR) is 131 cm³/mol. The van der Waals surface area contributed by atoms with Gasteiger partial charge in [0.2, 0.25) is 0 Å². The van der Waals surface area contributed by atoms with Crippen LogP contribution in [0.1, 0.15) is 27.8 Å². The number of amidine groups is 1. The molecule has 5 nitrogen and oxygen atoms in total. The zero-order valence-corrected chi connectivity index (χ0v) is 19.7. The van der Waals surface area contributed by atoms with E-state index in [4.69, 9.17) is 28.0 Å². The van der Waals surface area contributed by atoms with Crippen molar-refractivity contribution in [3.05, 3.63) is 98.0 Å². The number of aryl methyl sites for hydroxylation is 3. The molecular formula is C24H26BrClN4O. The van der Waals surface area contributed by atoms with Gasteiger partial charge in [-0.25, -0.2) is 5.84 Å². The third kappa shape index (κ3) is 6.23. The monoisotopic (exact) mass is 500 g/mol. The average molecular weight is 502 g/mol. The van der Waals surface area contributed by atoms with Crippen molar-refractivity contribution in [1.82, 2.24) is 5.43 Å². The third-order valence-corrected chi connectivity index (χ3v) is 6.15. The fourth-order valence-corrected chi connectivity index (χ4v) is 4.63. The number of nitrogens with zero attached hydrogens (tertiary/aromatic N) is 1.